The third-order valence-corrected chi connectivity index (χ3v) is 1.44. The Hall–Kier alpha value is -1.65. The lowest BCUT2D eigenvalue weighted by Gasteiger charge is -1.99. The highest BCUT2D eigenvalue weighted by Crippen LogP contribution is 1.82. The molecule has 0 bridgehead atoms. The molecule has 0 saturated heterocycles. The molecule has 0 aliphatic heterocycles. The molecule has 0 aliphatic rings. The summed E-state index contributed by atoms with van der Waals surface area (Å²) in [5, 5.41) is 7.97. The van der Waals surface area contributed by atoms with Gasteiger partial charge in [-0.15, -0.1) is 0 Å². The van der Waals surface area contributed by atoms with Gasteiger partial charge < -0.3 is 0 Å². The lowest BCUT2D eigenvalue weighted by atomic mass is 10.4. The van der Waals surface area contributed by atoms with E-state index in [-0.39, 0.29) is 5.91 Å². The van der Waals surface area contributed by atoms with Crippen LogP contribution in [0.25, 0.3) is 0 Å². The second-order valence-electron chi connectivity index (χ2n) is 2.74. The van der Waals surface area contributed by atoms with Gasteiger partial charge in [-0.25, -0.2) is 10.1 Å². The highest BCUT2D eigenvalue weighted by molar-refractivity contribution is 5.72. The molecule has 5 nitrogen and oxygen atoms in total. The summed E-state index contributed by atoms with van der Waals surface area (Å²) < 4.78 is 1.60. The van der Waals surface area contributed by atoms with Crippen molar-refractivity contribution in [3.63, 3.8) is 0 Å². The minimum atomic E-state index is -0.194. The molecule has 0 unspecified atom stereocenters. The zero-order chi connectivity index (χ0) is 9.84. The first kappa shape index (κ1) is 9.44. The zero-order valence-corrected chi connectivity index (χ0v) is 7.90. The standard InChI is InChI=1S/C8H12N4O/c1-6-4-5-8(12(3)11-6)10-9-7(2)13/h4-5H,1-3H3,(H,9,13)/b10-8+. The largest absolute Gasteiger partial charge is 0.274 e. The van der Waals surface area contributed by atoms with Crippen molar-refractivity contribution in [3.05, 3.63) is 23.3 Å². The summed E-state index contributed by atoms with van der Waals surface area (Å²) >= 11 is 0. The van der Waals surface area contributed by atoms with Crippen molar-refractivity contribution in [2.45, 2.75) is 13.8 Å². The Balaban J connectivity index is 3.01. The van der Waals surface area contributed by atoms with Crippen LogP contribution in [0.5, 0.6) is 0 Å². The highest BCUT2D eigenvalue weighted by atomic mass is 16.2. The third-order valence-electron chi connectivity index (χ3n) is 1.44. The molecule has 0 aliphatic carbocycles. The number of hydrogen-bond acceptors (Lipinski definition) is 3. The first-order chi connectivity index (χ1) is 6.09. The summed E-state index contributed by atoms with van der Waals surface area (Å²) in [6, 6.07) is 3.62. The molecule has 0 fully saturated rings. The van der Waals surface area contributed by atoms with Gasteiger partial charge in [0.25, 0.3) is 0 Å². The fourth-order valence-electron chi connectivity index (χ4n) is 0.870. The van der Waals surface area contributed by atoms with Gasteiger partial charge in [-0.05, 0) is 19.1 Å². The van der Waals surface area contributed by atoms with Crippen LogP contribution in [0.15, 0.2) is 17.2 Å². The molecular weight excluding hydrogens is 168 g/mol. The van der Waals surface area contributed by atoms with Crippen LogP contribution >= 0.6 is 0 Å². The van der Waals surface area contributed by atoms with E-state index in [2.05, 4.69) is 15.6 Å². The third kappa shape index (κ3) is 2.70. The van der Waals surface area contributed by atoms with Gasteiger partial charge in [0.15, 0.2) is 5.49 Å². The first-order valence-corrected chi connectivity index (χ1v) is 3.91. The molecule has 1 N–H and O–H groups in total. The van der Waals surface area contributed by atoms with E-state index in [1.165, 1.54) is 6.92 Å². The topological polar surface area (TPSA) is 59.3 Å². The molecule has 5 heteroatoms. The summed E-state index contributed by atoms with van der Waals surface area (Å²) in [7, 11) is 1.77. The predicted octanol–water partition coefficient (Wildman–Crippen LogP) is -0.320. The Kier molecular flexibility index (Phi) is 2.79. The molecule has 1 aromatic heterocycles. The quantitative estimate of drug-likeness (QED) is 0.602. The molecule has 0 saturated carbocycles. The van der Waals surface area contributed by atoms with Crippen LogP contribution in [0.4, 0.5) is 0 Å². The maximum Gasteiger partial charge on any atom is 0.237 e. The lowest BCUT2D eigenvalue weighted by molar-refractivity contribution is -0.119. The predicted molar refractivity (Wildman–Crippen MR) is 47.3 cm³/mol. The average molecular weight is 180 g/mol. The Morgan fingerprint density at radius 3 is 2.85 bits per heavy atom. The van der Waals surface area contributed by atoms with Crippen molar-refractivity contribution in [2.24, 2.45) is 12.1 Å². The van der Waals surface area contributed by atoms with E-state index in [4.69, 9.17) is 0 Å². The van der Waals surface area contributed by atoms with Gasteiger partial charge in [0.2, 0.25) is 5.91 Å². The van der Waals surface area contributed by atoms with E-state index >= 15 is 0 Å². The minimum absolute atomic E-state index is 0.194. The first-order valence-electron chi connectivity index (χ1n) is 3.91. The van der Waals surface area contributed by atoms with Gasteiger partial charge >= 0.3 is 0 Å². The molecule has 13 heavy (non-hydrogen) atoms. The number of nitrogens with zero attached hydrogens (tertiary/aromatic N) is 3. The van der Waals surface area contributed by atoms with Crippen LogP contribution in [0.2, 0.25) is 0 Å². The molecule has 1 amide bonds. The molecular formula is C8H12N4O. The smallest absolute Gasteiger partial charge is 0.237 e. The summed E-state index contributed by atoms with van der Waals surface area (Å²) in [6.07, 6.45) is 0. The van der Waals surface area contributed by atoms with Gasteiger partial charge in [0.05, 0.1) is 5.69 Å². The van der Waals surface area contributed by atoms with Crippen molar-refractivity contribution in [2.75, 3.05) is 0 Å². The van der Waals surface area contributed by atoms with Crippen LogP contribution in [0.3, 0.4) is 0 Å². The Morgan fingerprint density at radius 2 is 2.31 bits per heavy atom. The lowest BCUT2D eigenvalue weighted by Crippen LogP contribution is -2.26. The fourth-order valence-corrected chi connectivity index (χ4v) is 0.870. The van der Waals surface area contributed by atoms with Gasteiger partial charge in [-0.3, -0.25) is 4.79 Å². The van der Waals surface area contributed by atoms with Crippen molar-refractivity contribution in [3.8, 4) is 0 Å². The van der Waals surface area contributed by atoms with Gasteiger partial charge in [-0.2, -0.15) is 10.2 Å². The molecule has 1 rings (SSSR count). The average Bonchev–Trinajstić information content (AvgIpc) is 2.02. The zero-order valence-electron chi connectivity index (χ0n) is 7.90. The summed E-state index contributed by atoms with van der Waals surface area (Å²) in [5.74, 6) is -0.194. The number of rotatable bonds is 1. The fraction of sp³-hybridized carbons (Fsp3) is 0.375. The van der Waals surface area contributed by atoms with Crippen molar-refractivity contribution in [1.29, 1.82) is 0 Å². The monoisotopic (exact) mass is 180 g/mol. The van der Waals surface area contributed by atoms with E-state index in [0.717, 1.165) is 5.69 Å². The molecule has 0 radical (unpaired) electrons. The molecule has 0 spiro atoms. The number of amides is 1. The number of carbonyl (C=O) groups is 1. The van der Waals surface area contributed by atoms with E-state index in [0.29, 0.717) is 5.49 Å². The van der Waals surface area contributed by atoms with Crippen LogP contribution in [-0.2, 0) is 11.8 Å². The summed E-state index contributed by atoms with van der Waals surface area (Å²) in [5.41, 5.74) is 3.87. The van der Waals surface area contributed by atoms with Crippen molar-refractivity contribution in [1.82, 2.24) is 15.2 Å². The van der Waals surface area contributed by atoms with E-state index < -0.39 is 0 Å². The Bertz CT molecular complexity index is 380. The summed E-state index contributed by atoms with van der Waals surface area (Å²) in [6.45, 7) is 3.30. The van der Waals surface area contributed by atoms with Crippen molar-refractivity contribution >= 4 is 5.91 Å². The van der Waals surface area contributed by atoms with Crippen LogP contribution in [0, 0.1) is 6.92 Å². The van der Waals surface area contributed by atoms with Crippen LogP contribution < -0.4 is 10.9 Å². The molecule has 70 valence electrons. The molecule has 0 atom stereocenters. The second kappa shape index (κ2) is 3.84. The number of hydrogen-bond donors (Lipinski definition) is 1. The number of aryl methyl sites for hydroxylation is 2. The number of aromatic nitrogens is 2. The number of nitrogens with one attached hydrogen (secondary N) is 1. The van der Waals surface area contributed by atoms with Crippen molar-refractivity contribution < 1.29 is 4.79 Å². The SMILES string of the molecule is CC(=O)N/N=c1\ccc(C)nn1C. The Morgan fingerprint density at radius 1 is 1.62 bits per heavy atom. The molecule has 0 aromatic carbocycles. The minimum Gasteiger partial charge on any atom is -0.274 e. The normalized spacial score (nSPS) is 11.5. The van der Waals surface area contributed by atoms with Crippen LogP contribution in [-0.4, -0.2) is 15.7 Å². The van der Waals surface area contributed by atoms with E-state index in [9.17, 15) is 4.79 Å². The Labute approximate surface area is 76.1 Å². The highest BCUT2D eigenvalue weighted by Gasteiger charge is 1.90. The maximum absolute atomic E-state index is 10.6. The number of carbonyl (C=O) groups excluding carboxylic acids is 1. The second-order valence-corrected chi connectivity index (χ2v) is 2.74. The van der Waals surface area contributed by atoms with Gasteiger partial charge in [0.1, 0.15) is 0 Å². The van der Waals surface area contributed by atoms with Gasteiger partial charge in [0, 0.05) is 14.0 Å². The van der Waals surface area contributed by atoms with E-state index in [1.54, 1.807) is 17.8 Å². The van der Waals surface area contributed by atoms with E-state index in [1.807, 2.05) is 13.0 Å². The molecule has 1 aromatic rings. The summed E-state index contributed by atoms with van der Waals surface area (Å²) in [4.78, 5) is 10.6. The molecule has 1 heterocycles. The maximum atomic E-state index is 10.6. The van der Waals surface area contributed by atoms with Crippen LogP contribution in [0.1, 0.15) is 12.6 Å². The van der Waals surface area contributed by atoms with Gasteiger partial charge in [-0.1, -0.05) is 0 Å².